The fourth-order valence-electron chi connectivity index (χ4n) is 2.02. The number of hydrogen-bond donors (Lipinski definition) is 1. The Morgan fingerprint density at radius 1 is 1.21 bits per heavy atom. The number of benzene rings is 2. The standard InChI is InChI=1S/C17H15ClFNO4/c1-9(16(21)10-3-5-11(19)6-4-10)24-17(22)12-7-13(18)14(20)8-15(12)23-2/h3-9H,20H2,1-2H3. The lowest BCUT2D eigenvalue weighted by Gasteiger charge is -2.14. The topological polar surface area (TPSA) is 78.6 Å². The number of carbonyl (C=O) groups excluding carboxylic acids is 2. The van der Waals surface area contributed by atoms with Crippen LogP contribution in [0, 0.1) is 5.82 Å². The van der Waals surface area contributed by atoms with Crippen LogP contribution in [0.15, 0.2) is 36.4 Å². The highest BCUT2D eigenvalue weighted by molar-refractivity contribution is 6.33. The first-order chi connectivity index (χ1) is 11.3. The van der Waals surface area contributed by atoms with E-state index in [-0.39, 0.29) is 27.6 Å². The first-order valence-electron chi connectivity index (χ1n) is 6.97. The molecule has 0 radical (unpaired) electrons. The van der Waals surface area contributed by atoms with Gasteiger partial charge in [0.05, 0.1) is 17.8 Å². The van der Waals surface area contributed by atoms with E-state index in [2.05, 4.69) is 0 Å². The fraction of sp³-hybridized carbons (Fsp3) is 0.176. The predicted octanol–water partition coefficient (Wildman–Crippen LogP) is 3.50. The van der Waals surface area contributed by atoms with Crippen LogP contribution in [-0.4, -0.2) is 25.0 Å². The van der Waals surface area contributed by atoms with Gasteiger partial charge in [0, 0.05) is 11.6 Å². The van der Waals surface area contributed by atoms with Gasteiger partial charge >= 0.3 is 5.97 Å². The normalized spacial score (nSPS) is 11.7. The molecule has 0 aromatic heterocycles. The smallest absolute Gasteiger partial charge is 0.342 e. The number of halogens is 2. The van der Waals surface area contributed by atoms with Gasteiger partial charge in [-0.15, -0.1) is 0 Å². The molecule has 0 aliphatic heterocycles. The number of rotatable bonds is 5. The molecule has 0 aliphatic rings. The maximum Gasteiger partial charge on any atom is 0.342 e. The molecule has 0 amide bonds. The molecule has 0 saturated heterocycles. The minimum absolute atomic E-state index is 0.0513. The molecular weight excluding hydrogens is 337 g/mol. The first kappa shape index (κ1) is 17.7. The van der Waals surface area contributed by atoms with Crippen molar-refractivity contribution in [2.45, 2.75) is 13.0 Å². The number of esters is 1. The number of nitrogens with two attached hydrogens (primary N) is 1. The van der Waals surface area contributed by atoms with Crippen LogP contribution in [0.1, 0.15) is 27.6 Å². The summed E-state index contributed by atoms with van der Waals surface area (Å²) in [6, 6.07) is 7.67. The molecule has 0 fully saturated rings. The highest BCUT2D eigenvalue weighted by Gasteiger charge is 2.23. The van der Waals surface area contributed by atoms with Gasteiger partial charge in [-0.2, -0.15) is 0 Å². The Kier molecular flexibility index (Phi) is 5.41. The monoisotopic (exact) mass is 351 g/mol. The van der Waals surface area contributed by atoms with Crippen molar-refractivity contribution in [1.29, 1.82) is 0 Å². The molecule has 2 aromatic carbocycles. The Morgan fingerprint density at radius 2 is 1.83 bits per heavy atom. The van der Waals surface area contributed by atoms with E-state index in [4.69, 9.17) is 26.8 Å². The molecule has 5 nitrogen and oxygen atoms in total. The maximum absolute atomic E-state index is 12.9. The van der Waals surface area contributed by atoms with Gasteiger partial charge in [0.1, 0.15) is 17.1 Å². The van der Waals surface area contributed by atoms with Crippen LogP contribution in [0.25, 0.3) is 0 Å². The van der Waals surface area contributed by atoms with Gasteiger partial charge in [0.15, 0.2) is 6.10 Å². The van der Waals surface area contributed by atoms with Crippen LogP contribution < -0.4 is 10.5 Å². The van der Waals surface area contributed by atoms with Gasteiger partial charge in [0.2, 0.25) is 5.78 Å². The largest absolute Gasteiger partial charge is 0.496 e. The molecule has 0 saturated carbocycles. The zero-order valence-corrected chi connectivity index (χ0v) is 13.8. The van der Waals surface area contributed by atoms with Crippen LogP contribution in [0.3, 0.4) is 0 Å². The van der Waals surface area contributed by atoms with Gasteiger partial charge in [-0.1, -0.05) is 11.6 Å². The average Bonchev–Trinajstić information content (AvgIpc) is 2.56. The molecule has 0 heterocycles. The lowest BCUT2D eigenvalue weighted by Crippen LogP contribution is -2.24. The highest BCUT2D eigenvalue weighted by atomic mass is 35.5. The van der Waals surface area contributed by atoms with Gasteiger partial charge in [-0.05, 0) is 37.3 Å². The van der Waals surface area contributed by atoms with Gasteiger partial charge < -0.3 is 15.2 Å². The molecule has 1 atom stereocenters. The number of ketones is 1. The third-order valence-electron chi connectivity index (χ3n) is 3.32. The minimum atomic E-state index is -1.07. The number of carbonyl (C=O) groups is 2. The Hall–Kier alpha value is -2.60. The number of hydrogen-bond acceptors (Lipinski definition) is 5. The zero-order valence-electron chi connectivity index (χ0n) is 13.0. The summed E-state index contributed by atoms with van der Waals surface area (Å²) in [5.74, 6) is -1.51. The van der Waals surface area contributed by atoms with Crippen molar-refractivity contribution in [3.63, 3.8) is 0 Å². The molecule has 7 heteroatoms. The molecule has 1 unspecified atom stereocenters. The van der Waals surface area contributed by atoms with E-state index in [1.54, 1.807) is 0 Å². The van der Waals surface area contributed by atoms with E-state index in [0.717, 1.165) is 12.1 Å². The summed E-state index contributed by atoms with van der Waals surface area (Å²) in [6.07, 6.45) is -1.07. The Balaban J connectivity index is 2.18. The van der Waals surface area contributed by atoms with Crippen LogP contribution in [0.5, 0.6) is 5.75 Å². The summed E-state index contributed by atoms with van der Waals surface area (Å²) in [5.41, 5.74) is 6.19. The van der Waals surface area contributed by atoms with E-state index in [1.165, 1.54) is 38.3 Å². The van der Waals surface area contributed by atoms with Crippen molar-refractivity contribution in [1.82, 2.24) is 0 Å². The molecule has 126 valence electrons. The second-order valence-corrected chi connectivity index (χ2v) is 5.40. The second-order valence-electron chi connectivity index (χ2n) is 4.99. The summed E-state index contributed by atoms with van der Waals surface area (Å²) >= 11 is 5.91. The second kappa shape index (κ2) is 7.31. The summed E-state index contributed by atoms with van der Waals surface area (Å²) in [7, 11) is 1.37. The number of methoxy groups -OCH3 is 1. The number of nitrogen functional groups attached to an aromatic ring is 1. The van der Waals surface area contributed by atoms with E-state index < -0.39 is 23.7 Å². The first-order valence-corrected chi connectivity index (χ1v) is 7.35. The van der Waals surface area contributed by atoms with Crippen molar-refractivity contribution < 1.29 is 23.5 Å². The molecule has 0 bridgehead atoms. The van der Waals surface area contributed by atoms with Crippen LogP contribution in [-0.2, 0) is 4.74 Å². The number of Topliss-reactive ketones (excluding diaryl/α,β-unsaturated/α-hetero) is 1. The van der Waals surface area contributed by atoms with Crippen LogP contribution >= 0.6 is 11.6 Å². The number of ether oxygens (including phenoxy) is 2. The van der Waals surface area contributed by atoms with Crippen LogP contribution in [0.2, 0.25) is 5.02 Å². The third-order valence-corrected chi connectivity index (χ3v) is 3.65. The molecule has 2 N–H and O–H groups in total. The minimum Gasteiger partial charge on any atom is -0.496 e. The van der Waals surface area contributed by atoms with E-state index in [9.17, 15) is 14.0 Å². The van der Waals surface area contributed by atoms with Crippen molar-refractivity contribution in [3.05, 3.63) is 58.4 Å². The molecule has 0 aliphatic carbocycles. The third kappa shape index (κ3) is 3.83. The van der Waals surface area contributed by atoms with Gasteiger partial charge in [0.25, 0.3) is 0 Å². The summed E-state index contributed by atoms with van der Waals surface area (Å²) < 4.78 is 23.1. The quantitative estimate of drug-likeness (QED) is 0.506. The van der Waals surface area contributed by atoms with E-state index in [1.807, 2.05) is 0 Å². The van der Waals surface area contributed by atoms with Crippen molar-refractivity contribution in [2.75, 3.05) is 12.8 Å². The predicted molar refractivity (Wildman–Crippen MR) is 88.0 cm³/mol. The Labute approximate surface area is 143 Å². The van der Waals surface area contributed by atoms with Crippen molar-refractivity contribution in [2.24, 2.45) is 0 Å². The molecule has 2 rings (SSSR count). The van der Waals surface area contributed by atoms with E-state index >= 15 is 0 Å². The summed E-state index contributed by atoms with van der Waals surface area (Å²) in [4.78, 5) is 24.5. The highest BCUT2D eigenvalue weighted by Crippen LogP contribution is 2.29. The summed E-state index contributed by atoms with van der Waals surface area (Å²) in [5, 5.41) is 0.167. The SMILES string of the molecule is COc1cc(N)c(Cl)cc1C(=O)OC(C)C(=O)c1ccc(F)cc1. The van der Waals surface area contributed by atoms with E-state index in [0.29, 0.717) is 0 Å². The molecular formula is C17H15ClFNO4. The summed E-state index contributed by atoms with van der Waals surface area (Å²) in [6.45, 7) is 1.43. The lowest BCUT2D eigenvalue weighted by molar-refractivity contribution is 0.0316. The fourth-order valence-corrected chi connectivity index (χ4v) is 2.19. The van der Waals surface area contributed by atoms with Crippen LogP contribution in [0.4, 0.5) is 10.1 Å². The maximum atomic E-state index is 12.9. The van der Waals surface area contributed by atoms with Crippen molar-refractivity contribution >= 4 is 29.0 Å². The molecule has 0 spiro atoms. The molecule has 24 heavy (non-hydrogen) atoms. The Bertz CT molecular complexity index is 777. The number of anilines is 1. The van der Waals surface area contributed by atoms with Gasteiger partial charge in [-0.25, -0.2) is 9.18 Å². The average molecular weight is 352 g/mol. The Morgan fingerprint density at radius 3 is 2.42 bits per heavy atom. The van der Waals surface area contributed by atoms with Crippen molar-refractivity contribution in [3.8, 4) is 5.75 Å². The zero-order chi connectivity index (χ0) is 17.9. The van der Waals surface area contributed by atoms with Gasteiger partial charge in [-0.3, -0.25) is 4.79 Å². The molecule has 2 aromatic rings. The lowest BCUT2D eigenvalue weighted by atomic mass is 10.1.